The Morgan fingerprint density at radius 3 is 3.00 bits per heavy atom. The maximum Gasteiger partial charge on any atom is 0.256 e. The Bertz CT molecular complexity index is 597. The molecule has 1 fully saturated rings. The lowest BCUT2D eigenvalue weighted by molar-refractivity contribution is 0.0722. The first-order valence-electron chi connectivity index (χ1n) is 7.31. The molecule has 0 saturated carbocycles. The fourth-order valence-corrected chi connectivity index (χ4v) is 2.99. The number of H-pyrrole nitrogens is 1. The molecule has 0 unspecified atom stereocenters. The minimum atomic E-state index is 0.120. The van der Waals surface area contributed by atoms with Crippen molar-refractivity contribution in [3.8, 4) is 0 Å². The van der Waals surface area contributed by atoms with Crippen molar-refractivity contribution in [2.45, 2.75) is 25.3 Å². The van der Waals surface area contributed by atoms with Gasteiger partial charge in [-0.2, -0.15) is 0 Å². The number of carbonyl (C=O) groups is 1. The molecule has 0 radical (unpaired) electrons. The van der Waals surface area contributed by atoms with Crippen LogP contribution in [0.4, 0.5) is 0 Å². The van der Waals surface area contributed by atoms with E-state index in [1.807, 2.05) is 42.4 Å². The Kier molecular flexibility index (Phi) is 3.74. The molecule has 4 heteroatoms. The third-order valence-electron chi connectivity index (χ3n) is 4.23. The molecule has 0 aliphatic carbocycles. The van der Waals surface area contributed by atoms with E-state index in [1.165, 1.54) is 0 Å². The number of benzene rings is 1. The van der Waals surface area contributed by atoms with Crippen LogP contribution in [0.5, 0.6) is 0 Å². The van der Waals surface area contributed by atoms with Gasteiger partial charge < -0.3 is 15.2 Å². The molecule has 0 bridgehead atoms. The van der Waals surface area contributed by atoms with Crippen molar-refractivity contribution in [3.63, 3.8) is 0 Å². The molecule has 1 saturated heterocycles. The first kappa shape index (κ1) is 13.2. The van der Waals surface area contributed by atoms with Crippen molar-refractivity contribution in [1.29, 1.82) is 0 Å². The molecule has 1 aliphatic heterocycles. The number of hydrogen-bond acceptors (Lipinski definition) is 2. The fraction of sp³-hybridized carbons (Fsp3) is 0.438. The third-order valence-corrected chi connectivity index (χ3v) is 4.23. The van der Waals surface area contributed by atoms with Gasteiger partial charge in [-0.1, -0.05) is 18.2 Å². The second kappa shape index (κ2) is 5.67. The zero-order chi connectivity index (χ0) is 13.9. The van der Waals surface area contributed by atoms with Gasteiger partial charge in [-0.25, -0.2) is 0 Å². The summed E-state index contributed by atoms with van der Waals surface area (Å²) in [5.41, 5.74) is 1.80. The summed E-state index contributed by atoms with van der Waals surface area (Å²) in [5.74, 6) is 0.120. The Hall–Kier alpha value is -1.81. The van der Waals surface area contributed by atoms with Crippen LogP contribution in [-0.2, 0) is 0 Å². The molecule has 4 nitrogen and oxygen atoms in total. The van der Waals surface area contributed by atoms with Crippen LogP contribution in [0, 0.1) is 0 Å². The second-order valence-corrected chi connectivity index (χ2v) is 5.50. The maximum absolute atomic E-state index is 12.7. The number of aromatic amines is 1. The van der Waals surface area contributed by atoms with E-state index in [9.17, 15) is 4.79 Å². The molecule has 1 aliphatic rings. The van der Waals surface area contributed by atoms with Gasteiger partial charge in [0.2, 0.25) is 0 Å². The predicted molar refractivity (Wildman–Crippen MR) is 80.9 cm³/mol. The maximum atomic E-state index is 12.7. The summed E-state index contributed by atoms with van der Waals surface area (Å²) in [6.45, 7) is 2.06. The smallest absolute Gasteiger partial charge is 0.256 e. The van der Waals surface area contributed by atoms with Crippen molar-refractivity contribution in [1.82, 2.24) is 15.2 Å². The third kappa shape index (κ3) is 2.43. The van der Waals surface area contributed by atoms with E-state index in [1.54, 1.807) is 0 Å². The van der Waals surface area contributed by atoms with Crippen molar-refractivity contribution in [2.24, 2.45) is 0 Å². The minimum Gasteiger partial charge on any atom is -0.360 e. The summed E-state index contributed by atoms with van der Waals surface area (Å²) in [6, 6.07) is 8.30. The average molecular weight is 271 g/mol. The van der Waals surface area contributed by atoms with E-state index in [0.717, 1.165) is 48.8 Å². The highest BCUT2D eigenvalue weighted by molar-refractivity contribution is 6.06. The number of rotatable bonds is 2. The van der Waals surface area contributed by atoms with Crippen LogP contribution in [0.25, 0.3) is 10.9 Å². The summed E-state index contributed by atoms with van der Waals surface area (Å²) in [7, 11) is 1.93. The van der Waals surface area contributed by atoms with E-state index in [0.29, 0.717) is 6.04 Å². The van der Waals surface area contributed by atoms with Crippen molar-refractivity contribution < 1.29 is 4.79 Å². The lowest BCUT2D eigenvalue weighted by Gasteiger charge is -2.26. The summed E-state index contributed by atoms with van der Waals surface area (Å²) < 4.78 is 0. The fourth-order valence-electron chi connectivity index (χ4n) is 2.99. The van der Waals surface area contributed by atoms with Crippen LogP contribution in [0.1, 0.15) is 29.6 Å². The van der Waals surface area contributed by atoms with E-state index < -0.39 is 0 Å². The second-order valence-electron chi connectivity index (χ2n) is 5.50. The first-order chi connectivity index (χ1) is 9.77. The van der Waals surface area contributed by atoms with E-state index in [-0.39, 0.29) is 5.91 Å². The lowest BCUT2D eigenvalue weighted by Crippen LogP contribution is -2.37. The Morgan fingerprint density at radius 2 is 2.10 bits per heavy atom. The first-order valence-corrected chi connectivity index (χ1v) is 7.31. The summed E-state index contributed by atoms with van der Waals surface area (Å²) in [6.07, 6.45) is 5.08. The molecule has 20 heavy (non-hydrogen) atoms. The highest BCUT2D eigenvalue weighted by Gasteiger charge is 2.23. The van der Waals surface area contributed by atoms with Crippen molar-refractivity contribution in [3.05, 3.63) is 36.0 Å². The number of amides is 1. The van der Waals surface area contributed by atoms with Crippen molar-refractivity contribution in [2.75, 3.05) is 20.1 Å². The zero-order valence-electron chi connectivity index (χ0n) is 11.9. The van der Waals surface area contributed by atoms with Gasteiger partial charge in [-0.3, -0.25) is 4.79 Å². The molecule has 3 rings (SSSR count). The number of fused-ring (bicyclic) bond motifs is 1. The molecule has 1 aromatic carbocycles. The molecular weight excluding hydrogens is 250 g/mol. The van der Waals surface area contributed by atoms with Crippen LogP contribution in [0.2, 0.25) is 0 Å². The summed E-state index contributed by atoms with van der Waals surface area (Å²) >= 11 is 0. The number of hydrogen-bond donors (Lipinski definition) is 2. The van der Waals surface area contributed by atoms with Gasteiger partial charge in [0.05, 0.1) is 5.56 Å². The molecule has 1 aromatic heterocycles. The Morgan fingerprint density at radius 1 is 1.25 bits per heavy atom. The quantitative estimate of drug-likeness (QED) is 0.881. The summed E-state index contributed by atoms with van der Waals surface area (Å²) in [5, 5.41) is 4.40. The number of nitrogens with zero attached hydrogens (tertiary/aromatic N) is 1. The Balaban J connectivity index is 1.84. The number of aromatic nitrogens is 1. The van der Waals surface area contributed by atoms with Crippen LogP contribution in [0.15, 0.2) is 30.5 Å². The standard InChI is InChI=1S/C16H21N3O/c1-19(12-5-4-9-17-10-8-12)16(20)14-11-18-15-7-3-2-6-13(14)15/h2-3,6-7,11-12,17-18H,4-5,8-10H2,1H3/t12-/m1/s1. The van der Waals surface area contributed by atoms with E-state index in [4.69, 9.17) is 0 Å². The minimum absolute atomic E-state index is 0.120. The molecule has 106 valence electrons. The normalized spacial score (nSPS) is 19.8. The molecule has 2 heterocycles. The highest BCUT2D eigenvalue weighted by atomic mass is 16.2. The van der Waals surface area contributed by atoms with Crippen molar-refractivity contribution >= 4 is 16.8 Å². The molecule has 2 aromatic rings. The number of nitrogens with one attached hydrogen (secondary N) is 2. The van der Waals surface area contributed by atoms with Gasteiger partial charge in [-0.15, -0.1) is 0 Å². The topological polar surface area (TPSA) is 48.1 Å². The molecule has 0 spiro atoms. The number of para-hydroxylation sites is 1. The number of carbonyl (C=O) groups excluding carboxylic acids is 1. The van der Waals surface area contributed by atoms with E-state index in [2.05, 4.69) is 10.3 Å². The highest BCUT2D eigenvalue weighted by Crippen LogP contribution is 2.21. The molecule has 1 amide bonds. The molecular formula is C16H21N3O. The average Bonchev–Trinajstić information content (AvgIpc) is 2.72. The van der Waals surface area contributed by atoms with Crippen LogP contribution in [-0.4, -0.2) is 42.0 Å². The van der Waals surface area contributed by atoms with Gasteiger partial charge in [0, 0.05) is 30.2 Å². The van der Waals surface area contributed by atoms with Gasteiger partial charge in [0.1, 0.15) is 0 Å². The van der Waals surface area contributed by atoms with Gasteiger partial charge in [0.25, 0.3) is 5.91 Å². The van der Waals surface area contributed by atoms with Gasteiger partial charge in [-0.05, 0) is 38.4 Å². The lowest BCUT2D eigenvalue weighted by atomic mass is 10.1. The van der Waals surface area contributed by atoms with Gasteiger partial charge >= 0.3 is 0 Å². The predicted octanol–water partition coefficient (Wildman–Crippen LogP) is 2.38. The SMILES string of the molecule is CN(C(=O)c1c[nH]c2ccccc12)[C@@H]1CCCNCC1. The molecule has 1 atom stereocenters. The van der Waals surface area contributed by atoms with E-state index >= 15 is 0 Å². The zero-order valence-corrected chi connectivity index (χ0v) is 11.9. The van der Waals surface area contributed by atoms with Crippen LogP contribution < -0.4 is 5.32 Å². The largest absolute Gasteiger partial charge is 0.360 e. The monoisotopic (exact) mass is 271 g/mol. The van der Waals surface area contributed by atoms with Gasteiger partial charge in [0.15, 0.2) is 0 Å². The molecule has 2 N–H and O–H groups in total. The van der Waals surface area contributed by atoms with Crippen LogP contribution >= 0.6 is 0 Å². The Labute approximate surface area is 119 Å². The summed E-state index contributed by atoms with van der Waals surface area (Å²) in [4.78, 5) is 17.8. The van der Waals surface area contributed by atoms with Crippen LogP contribution in [0.3, 0.4) is 0 Å².